The normalized spacial score (nSPS) is 10.1. The highest BCUT2D eigenvalue weighted by Crippen LogP contribution is 2.27. The van der Waals surface area contributed by atoms with Crippen LogP contribution in [-0.2, 0) is 0 Å². The second kappa shape index (κ2) is 6.21. The predicted molar refractivity (Wildman–Crippen MR) is 79.8 cm³/mol. The van der Waals surface area contributed by atoms with Crippen molar-refractivity contribution < 1.29 is 4.92 Å². The van der Waals surface area contributed by atoms with E-state index < -0.39 is 4.92 Å². The molecule has 0 aliphatic heterocycles. The van der Waals surface area contributed by atoms with E-state index in [9.17, 15) is 10.1 Å². The maximum Gasteiger partial charge on any atom is 0.311 e. The molecule has 0 aliphatic carbocycles. The first kappa shape index (κ1) is 14.1. The van der Waals surface area contributed by atoms with Crippen molar-refractivity contribution in [3.63, 3.8) is 0 Å². The number of hydrogen-bond acceptors (Lipinski definition) is 5. The minimum absolute atomic E-state index is 0.0818. The molecule has 2 rings (SSSR count). The van der Waals surface area contributed by atoms with Crippen molar-refractivity contribution in [1.29, 1.82) is 0 Å². The van der Waals surface area contributed by atoms with E-state index >= 15 is 0 Å². The highest BCUT2D eigenvalue weighted by Gasteiger charge is 2.16. The molecule has 2 N–H and O–H groups in total. The molecule has 0 aliphatic rings. The Morgan fingerprint density at radius 2 is 1.95 bits per heavy atom. The Balaban J connectivity index is 2.34. The molecule has 0 bridgehead atoms. The summed E-state index contributed by atoms with van der Waals surface area (Å²) in [6.07, 6.45) is 0. The molecule has 6 nitrogen and oxygen atoms in total. The van der Waals surface area contributed by atoms with Crippen LogP contribution in [0.15, 0.2) is 36.4 Å². The third kappa shape index (κ3) is 3.36. The molecule has 20 heavy (non-hydrogen) atoms. The van der Waals surface area contributed by atoms with Crippen LogP contribution in [0.5, 0.6) is 0 Å². The molecular weight excluding hydrogens is 280 g/mol. The number of aromatic nitrogens is 1. The molecule has 1 aromatic carbocycles. The van der Waals surface area contributed by atoms with Crippen LogP contribution in [0.4, 0.5) is 23.0 Å². The van der Waals surface area contributed by atoms with Crippen molar-refractivity contribution in [3.8, 4) is 0 Å². The van der Waals surface area contributed by atoms with Gasteiger partial charge in [-0.05, 0) is 37.3 Å². The number of hydrogen-bond donors (Lipinski definition) is 2. The number of anilines is 3. The van der Waals surface area contributed by atoms with Gasteiger partial charge in [0.25, 0.3) is 0 Å². The maximum atomic E-state index is 11.0. The lowest BCUT2D eigenvalue weighted by Gasteiger charge is -2.09. The lowest BCUT2D eigenvalue weighted by Crippen LogP contribution is -2.04. The second-order valence-corrected chi connectivity index (χ2v) is 4.42. The molecule has 0 spiro atoms. The van der Waals surface area contributed by atoms with Gasteiger partial charge in [-0.2, -0.15) is 0 Å². The Morgan fingerprint density at radius 3 is 2.55 bits per heavy atom. The van der Waals surface area contributed by atoms with E-state index in [1.54, 1.807) is 30.3 Å². The first-order chi connectivity index (χ1) is 9.60. The molecule has 104 valence electrons. The van der Waals surface area contributed by atoms with Crippen LogP contribution in [0.2, 0.25) is 5.02 Å². The fraction of sp³-hybridized carbons (Fsp3) is 0.154. The van der Waals surface area contributed by atoms with Gasteiger partial charge >= 0.3 is 5.69 Å². The van der Waals surface area contributed by atoms with Crippen LogP contribution in [-0.4, -0.2) is 16.5 Å². The minimum atomic E-state index is -0.471. The third-order valence-corrected chi connectivity index (χ3v) is 2.79. The standard InChI is InChI=1S/C13H13ClN4O2/c1-2-15-12-8-7-11(18(19)20)13(17-12)16-10-5-3-9(14)4-6-10/h3-8H,2H2,1H3,(H2,15,16,17). The quantitative estimate of drug-likeness (QED) is 0.647. The van der Waals surface area contributed by atoms with Crippen LogP contribution in [0.25, 0.3) is 0 Å². The van der Waals surface area contributed by atoms with Crippen molar-refractivity contribution in [2.75, 3.05) is 17.2 Å². The molecule has 0 amide bonds. The van der Waals surface area contributed by atoms with Gasteiger partial charge in [-0.3, -0.25) is 10.1 Å². The zero-order valence-corrected chi connectivity index (χ0v) is 11.5. The molecule has 1 aromatic heterocycles. The van der Waals surface area contributed by atoms with Crippen LogP contribution in [0.3, 0.4) is 0 Å². The average molecular weight is 293 g/mol. The molecule has 0 saturated heterocycles. The van der Waals surface area contributed by atoms with Crippen molar-refractivity contribution >= 4 is 34.6 Å². The number of nitrogens with one attached hydrogen (secondary N) is 2. The van der Waals surface area contributed by atoms with E-state index in [1.165, 1.54) is 6.07 Å². The minimum Gasteiger partial charge on any atom is -0.370 e. The van der Waals surface area contributed by atoms with Crippen LogP contribution < -0.4 is 10.6 Å². The smallest absolute Gasteiger partial charge is 0.311 e. The van der Waals surface area contributed by atoms with Gasteiger partial charge in [-0.15, -0.1) is 0 Å². The summed E-state index contributed by atoms with van der Waals surface area (Å²) < 4.78 is 0. The average Bonchev–Trinajstić information content (AvgIpc) is 2.42. The Bertz CT molecular complexity index is 616. The first-order valence-electron chi connectivity index (χ1n) is 6.02. The molecular formula is C13H13ClN4O2. The van der Waals surface area contributed by atoms with Crippen molar-refractivity contribution in [1.82, 2.24) is 4.98 Å². The monoisotopic (exact) mass is 292 g/mol. The number of halogens is 1. The van der Waals surface area contributed by atoms with E-state index in [4.69, 9.17) is 11.6 Å². The van der Waals surface area contributed by atoms with Crippen molar-refractivity contribution in [2.45, 2.75) is 6.92 Å². The topological polar surface area (TPSA) is 80.1 Å². The second-order valence-electron chi connectivity index (χ2n) is 3.98. The maximum absolute atomic E-state index is 11.0. The zero-order chi connectivity index (χ0) is 14.5. The van der Waals surface area contributed by atoms with Gasteiger partial charge in [-0.25, -0.2) is 4.98 Å². The summed E-state index contributed by atoms with van der Waals surface area (Å²) in [7, 11) is 0. The lowest BCUT2D eigenvalue weighted by atomic mass is 10.3. The number of rotatable bonds is 5. The van der Waals surface area contributed by atoms with Gasteiger partial charge in [0.2, 0.25) is 5.82 Å². The van der Waals surface area contributed by atoms with E-state index in [0.29, 0.717) is 23.1 Å². The van der Waals surface area contributed by atoms with Crippen LogP contribution in [0.1, 0.15) is 6.92 Å². The molecule has 0 radical (unpaired) electrons. The van der Waals surface area contributed by atoms with Gasteiger partial charge in [0.05, 0.1) is 4.92 Å². The third-order valence-electron chi connectivity index (χ3n) is 2.54. The largest absolute Gasteiger partial charge is 0.370 e. The molecule has 7 heteroatoms. The number of benzene rings is 1. The van der Waals surface area contributed by atoms with Gasteiger partial charge in [0.1, 0.15) is 5.82 Å². The van der Waals surface area contributed by atoms with Crippen LogP contribution >= 0.6 is 11.6 Å². The predicted octanol–water partition coefficient (Wildman–Crippen LogP) is 3.82. The number of nitro groups is 1. The first-order valence-corrected chi connectivity index (χ1v) is 6.40. The van der Waals surface area contributed by atoms with Gasteiger partial charge in [-0.1, -0.05) is 11.6 Å². The number of pyridine rings is 1. The molecule has 1 heterocycles. The summed E-state index contributed by atoms with van der Waals surface area (Å²) in [5, 5.41) is 17.6. The van der Waals surface area contributed by atoms with Gasteiger partial charge < -0.3 is 10.6 Å². The summed E-state index contributed by atoms with van der Waals surface area (Å²) in [5.74, 6) is 0.769. The Labute approximate surface area is 120 Å². The number of nitrogens with zero attached hydrogens (tertiary/aromatic N) is 2. The summed E-state index contributed by atoms with van der Waals surface area (Å²) >= 11 is 5.80. The van der Waals surface area contributed by atoms with Crippen LogP contribution in [0, 0.1) is 10.1 Å². The van der Waals surface area contributed by atoms with Gasteiger partial charge in [0.15, 0.2) is 0 Å². The molecule has 0 atom stereocenters. The SMILES string of the molecule is CCNc1ccc([N+](=O)[O-])c(Nc2ccc(Cl)cc2)n1. The molecule has 0 unspecified atom stereocenters. The van der Waals surface area contributed by atoms with E-state index in [0.717, 1.165) is 0 Å². The summed E-state index contributed by atoms with van der Waals surface area (Å²) in [4.78, 5) is 14.8. The zero-order valence-electron chi connectivity index (χ0n) is 10.8. The highest BCUT2D eigenvalue weighted by atomic mass is 35.5. The van der Waals surface area contributed by atoms with E-state index in [1.807, 2.05) is 6.92 Å². The van der Waals surface area contributed by atoms with E-state index in [2.05, 4.69) is 15.6 Å². The van der Waals surface area contributed by atoms with Gasteiger partial charge in [0, 0.05) is 23.3 Å². The summed E-state index contributed by atoms with van der Waals surface area (Å²) in [5.41, 5.74) is 0.597. The van der Waals surface area contributed by atoms with Crippen molar-refractivity contribution in [3.05, 3.63) is 51.5 Å². The lowest BCUT2D eigenvalue weighted by molar-refractivity contribution is -0.384. The summed E-state index contributed by atoms with van der Waals surface area (Å²) in [6.45, 7) is 2.61. The highest BCUT2D eigenvalue weighted by molar-refractivity contribution is 6.30. The molecule has 0 saturated carbocycles. The Kier molecular flexibility index (Phi) is 4.37. The Morgan fingerprint density at radius 1 is 1.25 bits per heavy atom. The van der Waals surface area contributed by atoms with E-state index in [-0.39, 0.29) is 11.5 Å². The Hall–Kier alpha value is -2.34. The van der Waals surface area contributed by atoms with Crippen molar-refractivity contribution in [2.24, 2.45) is 0 Å². The fourth-order valence-electron chi connectivity index (χ4n) is 1.64. The fourth-order valence-corrected chi connectivity index (χ4v) is 1.77. The molecule has 2 aromatic rings. The summed E-state index contributed by atoms with van der Waals surface area (Å²) in [6, 6.07) is 9.85. The molecule has 0 fully saturated rings.